The molecule has 4 nitrogen and oxygen atoms in total. The van der Waals surface area contributed by atoms with Gasteiger partial charge in [0, 0.05) is 24.2 Å². The number of aryl methyl sites for hydroxylation is 1. The van der Waals surface area contributed by atoms with Gasteiger partial charge in [0.15, 0.2) is 0 Å². The zero-order valence-corrected chi connectivity index (χ0v) is 12.2. The topological polar surface area (TPSA) is 53.1 Å². The van der Waals surface area contributed by atoms with Crippen LogP contribution in [0, 0.1) is 0 Å². The Hall–Kier alpha value is -1.97. The molecule has 2 rings (SSSR count). The van der Waals surface area contributed by atoms with Gasteiger partial charge in [0.1, 0.15) is 5.75 Å². The van der Waals surface area contributed by atoms with Gasteiger partial charge >= 0.3 is 0 Å². The third-order valence-electron chi connectivity index (χ3n) is 3.08. The van der Waals surface area contributed by atoms with Crippen molar-refractivity contribution in [2.75, 3.05) is 12.8 Å². The molecule has 102 valence electrons. The third-order valence-corrected chi connectivity index (χ3v) is 3.08. The largest absolute Gasteiger partial charge is 0.495 e. The van der Waals surface area contributed by atoms with Crippen LogP contribution in [-0.4, -0.2) is 16.9 Å². The summed E-state index contributed by atoms with van der Waals surface area (Å²) in [6.45, 7) is 6.48. The van der Waals surface area contributed by atoms with E-state index >= 15 is 0 Å². The maximum absolute atomic E-state index is 5.98. The Morgan fingerprint density at radius 2 is 1.95 bits per heavy atom. The molecule has 1 heterocycles. The van der Waals surface area contributed by atoms with Crippen LogP contribution in [0.5, 0.6) is 5.75 Å². The molecule has 1 aromatic carbocycles. The summed E-state index contributed by atoms with van der Waals surface area (Å²) in [5.41, 5.74) is 9.87. The zero-order valence-electron chi connectivity index (χ0n) is 12.2. The van der Waals surface area contributed by atoms with Crippen LogP contribution in [0.25, 0.3) is 11.1 Å². The van der Waals surface area contributed by atoms with Crippen molar-refractivity contribution in [1.29, 1.82) is 0 Å². The number of anilines is 1. The SMILES string of the molecule is COc1ccc(-c2cn(C)nc2C(C)(C)C)cc1N. The highest BCUT2D eigenvalue weighted by atomic mass is 16.5. The van der Waals surface area contributed by atoms with Gasteiger partial charge in [0.2, 0.25) is 0 Å². The molecule has 2 N–H and O–H groups in total. The standard InChI is InChI=1S/C15H21N3O/c1-15(2,3)14-11(9-18(4)17-14)10-6-7-13(19-5)12(16)8-10/h6-9H,16H2,1-5H3. The van der Waals surface area contributed by atoms with E-state index in [9.17, 15) is 0 Å². The van der Waals surface area contributed by atoms with Gasteiger partial charge < -0.3 is 10.5 Å². The molecule has 0 aliphatic rings. The second kappa shape index (κ2) is 4.61. The van der Waals surface area contributed by atoms with Crippen molar-refractivity contribution in [3.8, 4) is 16.9 Å². The predicted molar refractivity (Wildman–Crippen MR) is 78.3 cm³/mol. The molecule has 2 aromatic rings. The molecular formula is C15H21N3O. The first-order valence-corrected chi connectivity index (χ1v) is 6.31. The molecule has 0 aliphatic heterocycles. The van der Waals surface area contributed by atoms with Crippen molar-refractivity contribution >= 4 is 5.69 Å². The van der Waals surface area contributed by atoms with Crippen LogP contribution in [0.15, 0.2) is 24.4 Å². The second-order valence-electron chi connectivity index (χ2n) is 5.77. The van der Waals surface area contributed by atoms with Gasteiger partial charge in [-0.1, -0.05) is 26.8 Å². The van der Waals surface area contributed by atoms with Crippen LogP contribution in [0.3, 0.4) is 0 Å². The van der Waals surface area contributed by atoms with E-state index in [0.717, 1.165) is 16.8 Å². The van der Waals surface area contributed by atoms with Gasteiger partial charge in [-0.25, -0.2) is 0 Å². The number of aromatic nitrogens is 2. The molecule has 0 amide bonds. The lowest BCUT2D eigenvalue weighted by Gasteiger charge is -2.18. The van der Waals surface area contributed by atoms with Crippen molar-refractivity contribution in [3.63, 3.8) is 0 Å². The monoisotopic (exact) mass is 259 g/mol. The third kappa shape index (κ3) is 2.57. The Morgan fingerprint density at radius 1 is 1.26 bits per heavy atom. The first-order chi connectivity index (χ1) is 8.82. The lowest BCUT2D eigenvalue weighted by molar-refractivity contribution is 0.417. The van der Waals surface area contributed by atoms with Crippen molar-refractivity contribution in [3.05, 3.63) is 30.1 Å². The van der Waals surface area contributed by atoms with Gasteiger partial charge in [-0.2, -0.15) is 5.10 Å². The van der Waals surface area contributed by atoms with Crippen molar-refractivity contribution < 1.29 is 4.74 Å². The molecular weight excluding hydrogens is 238 g/mol. The Bertz CT molecular complexity index is 594. The Balaban J connectivity index is 2.56. The number of rotatable bonds is 2. The van der Waals surface area contributed by atoms with E-state index in [0.29, 0.717) is 11.4 Å². The summed E-state index contributed by atoms with van der Waals surface area (Å²) in [5.74, 6) is 0.699. The lowest BCUT2D eigenvalue weighted by atomic mass is 9.87. The van der Waals surface area contributed by atoms with Gasteiger partial charge in [-0.15, -0.1) is 0 Å². The summed E-state index contributed by atoms with van der Waals surface area (Å²) in [7, 11) is 3.56. The van der Waals surface area contributed by atoms with Gasteiger partial charge in [0.25, 0.3) is 0 Å². The van der Waals surface area contributed by atoms with E-state index in [2.05, 4.69) is 25.9 Å². The molecule has 0 radical (unpaired) electrons. The zero-order chi connectivity index (χ0) is 14.2. The molecule has 0 spiro atoms. The Kier molecular flexibility index (Phi) is 3.27. The molecule has 0 fully saturated rings. The van der Waals surface area contributed by atoms with Crippen LogP contribution in [0.1, 0.15) is 26.5 Å². The molecule has 0 saturated carbocycles. The first kappa shape index (κ1) is 13.5. The van der Waals surface area contributed by atoms with Crippen LogP contribution in [0.2, 0.25) is 0 Å². The summed E-state index contributed by atoms with van der Waals surface area (Å²) in [4.78, 5) is 0. The van der Waals surface area contributed by atoms with Crippen molar-refractivity contribution in [1.82, 2.24) is 9.78 Å². The van der Waals surface area contributed by atoms with Crippen LogP contribution < -0.4 is 10.5 Å². The molecule has 19 heavy (non-hydrogen) atoms. The molecule has 0 bridgehead atoms. The number of nitrogen functional groups attached to an aromatic ring is 1. The maximum Gasteiger partial charge on any atom is 0.141 e. The number of ether oxygens (including phenoxy) is 1. The van der Waals surface area contributed by atoms with Gasteiger partial charge in [0.05, 0.1) is 18.5 Å². The summed E-state index contributed by atoms with van der Waals surface area (Å²) in [6, 6.07) is 5.84. The van der Waals surface area contributed by atoms with E-state index in [4.69, 9.17) is 10.5 Å². The molecule has 0 saturated heterocycles. The average Bonchev–Trinajstić information content (AvgIpc) is 2.71. The molecule has 0 atom stereocenters. The summed E-state index contributed by atoms with van der Waals surface area (Å²) in [6.07, 6.45) is 2.03. The fourth-order valence-electron chi connectivity index (χ4n) is 2.16. The first-order valence-electron chi connectivity index (χ1n) is 6.31. The smallest absolute Gasteiger partial charge is 0.141 e. The average molecular weight is 259 g/mol. The number of hydrogen-bond donors (Lipinski definition) is 1. The molecule has 4 heteroatoms. The fourth-order valence-corrected chi connectivity index (χ4v) is 2.16. The van der Waals surface area contributed by atoms with E-state index in [1.165, 1.54) is 0 Å². The number of nitrogens with two attached hydrogens (primary N) is 1. The van der Waals surface area contributed by atoms with Crippen LogP contribution >= 0.6 is 0 Å². The highest BCUT2D eigenvalue weighted by Gasteiger charge is 2.23. The van der Waals surface area contributed by atoms with Gasteiger partial charge in [-0.3, -0.25) is 4.68 Å². The molecule has 0 unspecified atom stereocenters. The Morgan fingerprint density at radius 3 is 2.47 bits per heavy atom. The lowest BCUT2D eigenvalue weighted by Crippen LogP contribution is -2.13. The van der Waals surface area contributed by atoms with E-state index in [1.54, 1.807) is 7.11 Å². The normalized spacial score (nSPS) is 11.6. The summed E-state index contributed by atoms with van der Waals surface area (Å²) in [5, 5.41) is 4.58. The Labute approximate surface area is 114 Å². The molecule has 1 aromatic heterocycles. The predicted octanol–water partition coefficient (Wildman–Crippen LogP) is 2.98. The number of nitrogens with zero attached hydrogens (tertiary/aromatic N) is 2. The highest BCUT2D eigenvalue weighted by molar-refractivity contribution is 5.72. The minimum Gasteiger partial charge on any atom is -0.495 e. The molecule has 0 aliphatic carbocycles. The van der Waals surface area contributed by atoms with E-state index in [1.807, 2.05) is 36.1 Å². The number of benzene rings is 1. The maximum atomic E-state index is 5.98. The van der Waals surface area contributed by atoms with E-state index in [-0.39, 0.29) is 5.41 Å². The summed E-state index contributed by atoms with van der Waals surface area (Å²) < 4.78 is 7.04. The van der Waals surface area contributed by atoms with E-state index < -0.39 is 0 Å². The fraction of sp³-hybridized carbons (Fsp3) is 0.400. The number of methoxy groups -OCH3 is 1. The highest BCUT2D eigenvalue weighted by Crippen LogP contribution is 2.34. The van der Waals surface area contributed by atoms with Gasteiger partial charge in [-0.05, 0) is 17.7 Å². The minimum atomic E-state index is -0.00865. The summed E-state index contributed by atoms with van der Waals surface area (Å²) >= 11 is 0. The van der Waals surface area contributed by atoms with Crippen molar-refractivity contribution in [2.24, 2.45) is 7.05 Å². The second-order valence-corrected chi connectivity index (χ2v) is 5.77. The van der Waals surface area contributed by atoms with Crippen LogP contribution in [0.4, 0.5) is 5.69 Å². The van der Waals surface area contributed by atoms with Crippen LogP contribution in [-0.2, 0) is 12.5 Å². The minimum absolute atomic E-state index is 0.00865. The quantitative estimate of drug-likeness (QED) is 0.844. The number of hydrogen-bond acceptors (Lipinski definition) is 3. The van der Waals surface area contributed by atoms with Crippen molar-refractivity contribution in [2.45, 2.75) is 26.2 Å².